The molecule has 1 aliphatic carbocycles. The molecule has 1 fully saturated rings. The maximum Gasteiger partial charge on any atom is 0.349 e. The number of anilines is 1. The van der Waals surface area contributed by atoms with Gasteiger partial charge in [-0.2, -0.15) is 0 Å². The first-order valence-electron chi connectivity index (χ1n) is 11.7. The Morgan fingerprint density at radius 2 is 1.77 bits per heavy atom. The number of hydrogen-bond acceptors (Lipinski definition) is 6. The fourth-order valence-electron chi connectivity index (χ4n) is 5.70. The summed E-state index contributed by atoms with van der Waals surface area (Å²) >= 11 is 1.09. The van der Waals surface area contributed by atoms with E-state index < -0.39 is 11.9 Å². The number of methoxy groups -OCH3 is 1. The van der Waals surface area contributed by atoms with Crippen LogP contribution in [0.5, 0.6) is 5.75 Å². The minimum absolute atomic E-state index is 0.0168. The van der Waals surface area contributed by atoms with E-state index >= 15 is 0 Å². The van der Waals surface area contributed by atoms with Crippen LogP contribution in [0.4, 0.5) is 5.69 Å². The Kier molecular flexibility index (Phi) is 7.65. The molecule has 1 aliphatic rings. The van der Waals surface area contributed by atoms with Gasteiger partial charge in [-0.05, 0) is 54.7 Å². The van der Waals surface area contributed by atoms with Crippen molar-refractivity contribution in [3.8, 4) is 16.2 Å². The Morgan fingerprint density at radius 1 is 1.14 bits per heavy atom. The third-order valence-electron chi connectivity index (χ3n) is 6.47. The quantitative estimate of drug-likeness (QED) is 0.473. The number of carboxylic acid groups (broad SMARTS) is 1. The number of ether oxygens (including phenoxy) is 2. The fraction of sp³-hybridized carbons (Fsp3) is 0.519. The number of amides is 1. The van der Waals surface area contributed by atoms with E-state index in [2.05, 4.69) is 32.4 Å². The van der Waals surface area contributed by atoms with Gasteiger partial charge in [-0.3, -0.25) is 4.79 Å². The molecule has 0 radical (unpaired) electrons. The lowest BCUT2D eigenvalue weighted by molar-refractivity contribution is -0.142. The highest BCUT2D eigenvalue weighted by molar-refractivity contribution is 7.18. The molecule has 2 aromatic rings. The van der Waals surface area contributed by atoms with Crippen molar-refractivity contribution in [1.29, 1.82) is 0 Å². The first-order valence-corrected chi connectivity index (χ1v) is 12.5. The van der Waals surface area contributed by atoms with Crippen LogP contribution in [0.3, 0.4) is 0 Å². The van der Waals surface area contributed by atoms with Gasteiger partial charge < -0.3 is 19.5 Å². The van der Waals surface area contributed by atoms with Crippen LogP contribution in [0.2, 0.25) is 0 Å². The van der Waals surface area contributed by atoms with Gasteiger partial charge in [0.15, 0.2) is 11.5 Å². The summed E-state index contributed by atoms with van der Waals surface area (Å²) in [6.07, 6.45) is 2.92. The number of thiophene rings is 1. The Morgan fingerprint density at radius 3 is 2.31 bits per heavy atom. The van der Waals surface area contributed by atoms with Gasteiger partial charge in [-0.1, -0.05) is 39.8 Å². The van der Waals surface area contributed by atoms with Crippen molar-refractivity contribution in [3.63, 3.8) is 0 Å². The maximum absolute atomic E-state index is 12.9. The molecule has 1 heterocycles. The van der Waals surface area contributed by atoms with Crippen LogP contribution in [0.15, 0.2) is 24.3 Å². The van der Waals surface area contributed by atoms with Crippen molar-refractivity contribution >= 4 is 34.9 Å². The summed E-state index contributed by atoms with van der Waals surface area (Å²) in [5, 5.41) is 9.72. The molecule has 1 aromatic heterocycles. The van der Waals surface area contributed by atoms with Crippen LogP contribution in [0.1, 0.15) is 69.1 Å². The van der Waals surface area contributed by atoms with Crippen molar-refractivity contribution in [2.24, 2.45) is 10.8 Å². The van der Waals surface area contributed by atoms with E-state index in [0.29, 0.717) is 5.56 Å². The molecule has 1 amide bonds. The summed E-state index contributed by atoms with van der Waals surface area (Å²) in [7, 11) is 1.25. The number of benzene rings is 1. The second kappa shape index (κ2) is 10.0. The molecule has 35 heavy (non-hydrogen) atoms. The summed E-state index contributed by atoms with van der Waals surface area (Å²) in [5.41, 5.74) is 2.44. The molecule has 0 spiro atoms. The highest BCUT2D eigenvalue weighted by atomic mass is 32.1. The Bertz CT molecular complexity index is 1120. The Labute approximate surface area is 211 Å². The SMILES string of the molecule is COC(=O)COc1c(C(=O)O)sc(-c2cccc(N(C(C)=O)C3CC(C)(C)CC(C)(C)C3)c2)c1C. The lowest BCUT2D eigenvalue weighted by Crippen LogP contribution is -2.48. The van der Waals surface area contributed by atoms with E-state index in [-0.39, 0.29) is 40.0 Å². The summed E-state index contributed by atoms with van der Waals surface area (Å²) < 4.78 is 10.1. The van der Waals surface area contributed by atoms with Crippen LogP contribution in [0, 0.1) is 17.8 Å². The molecule has 7 nitrogen and oxygen atoms in total. The van der Waals surface area contributed by atoms with Crippen LogP contribution in [-0.2, 0) is 14.3 Å². The lowest BCUT2D eigenvalue weighted by Gasteiger charge is -2.48. The lowest BCUT2D eigenvalue weighted by atomic mass is 9.63. The minimum atomic E-state index is -1.13. The van der Waals surface area contributed by atoms with Gasteiger partial charge in [0.1, 0.15) is 5.75 Å². The molecule has 1 saturated carbocycles. The van der Waals surface area contributed by atoms with Crippen LogP contribution in [0.25, 0.3) is 10.4 Å². The molecular formula is C27H35NO6S. The highest BCUT2D eigenvalue weighted by Crippen LogP contribution is 2.48. The number of rotatable bonds is 7. The van der Waals surface area contributed by atoms with Gasteiger partial charge in [0.25, 0.3) is 0 Å². The molecule has 1 aromatic carbocycles. The van der Waals surface area contributed by atoms with Crippen LogP contribution in [-0.4, -0.2) is 42.7 Å². The molecule has 0 aliphatic heterocycles. The third kappa shape index (κ3) is 6.04. The Balaban J connectivity index is 2.02. The number of hydrogen-bond donors (Lipinski definition) is 1. The third-order valence-corrected chi connectivity index (χ3v) is 7.78. The number of esters is 1. The Hall–Kier alpha value is -2.87. The number of carbonyl (C=O) groups is 3. The monoisotopic (exact) mass is 501 g/mol. The zero-order valence-corrected chi connectivity index (χ0v) is 22.4. The largest absolute Gasteiger partial charge is 0.480 e. The predicted octanol–water partition coefficient (Wildman–Crippen LogP) is 5.93. The predicted molar refractivity (Wildman–Crippen MR) is 137 cm³/mol. The van der Waals surface area contributed by atoms with E-state index in [4.69, 9.17) is 4.74 Å². The second-order valence-corrected chi connectivity index (χ2v) is 11.9. The summed E-state index contributed by atoms with van der Waals surface area (Å²) in [5.74, 6) is -1.58. The summed E-state index contributed by atoms with van der Waals surface area (Å²) in [4.78, 5) is 39.0. The standard InChI is InChI=1S/C27H35NO6S/c1-16-22(34-14-21(30)33-7)24(25(31)32)35-23(16)18-9-8-10-19(11-18)28(17(2)29)20-12-26(3,4)15-27(5,6)13-20/h8-11,20H,12-15H2,1-7H3,(H,31,32). The molecule has 190 valence electrons. The highest BCUT2D eigenvalue weighted by Gasteiger charge is 2.41. The molecule has 3 rings (SSSR count). The summed E-state index contributed by atoms with van der Waals surface area (Å²) in [6, 6.07) is 7.71. The van der Waals surface area contributed by atoms with E-state index in [0.717, 1.165) is 46.7 Å². The van der Waals surface area contributed by atoms with Crippen molar-refractivity contribution in [3.05, 3.63) is 34.7 Å². The number of carbonyl (C=O) groups excluding carboxylic acids is 2. The molecular weight excluding hydrogens is 466 g/mol. The van der Waals surface area contributed by atoms with Crippen molar-refractivity contribution in [2.45, 2.75) is 66.8 Å². The fourth-order valence-corrected chi connectivity index (χ4v) is 6.78. The average Bonchev–Trinajstić information content (AvgIpc) is 3.06. The number of carboxylic acids is 1. The van der Waals surface area contributed by atoms with E-state index in [1.54, 1.807) is 13.8 Å². The second-order valence-electron chi connectivity index (χ2n) is 10.9. The molecule has 8 heteroatoms. The van der Waals surface area contributed by atoms with Gasteiger partial charge >= 0.3 is 11.9 Å². The van der Waals surface area contributed by atoms with Gasteiger partial charge in [0.05, 0.1) is 7.11 Å². The first-order chi connectivity index (χ1) is 16.2. The van der Waals surface area contributed by atoms with Crippen molar-refractivity contribution in [2.75, 3.05) is 18.6 Å². The molecule has 1 N–H and O–H groups in total. The van der Waals surface area contributed by atoms with E-state index in [1.165, 1.54) is 7.11 Å². The smallest absolute Gasteiger partial charge is 0.349 e. The first kappa shape index (κ1) is 26.7. The number of nitrogens with zero attached hydrogens (tertiary/aromatic N) is 1. The van der Waals surface area contributed by atoms with Crippen LogP contribution < -0.4 is 9.64 Å². The topological polar surface area (TPSA) is 93.1 Å². The zero-order chi connectivity index (χ0) is 26.1. The average molecular weight is 502 g/mol. The van der Waals surface area contributed by atoms with Gasteiger partial charge in [-0.15, -0.1) is 11.3 Å². The molecule has 0 saturated heterocycles. The van der Waals surface area contributed by atoms with Crippen molar-refractivity contribution in [1.82, 2.24) is 0 Å². The molecule has 0 bridgehead atoms. The van der Waals surface area contributed by atoms with Gasteiger partial charge in [0, 0.05) is 29.1 Å². The van der Waals surface area contributed by atoms with E-state index in [9.17, 15) is 19.5 Å². The van der Waals surface area contributed by atoms with Gasteiger partial charge in [0.2, 0.25) is 5.91 Å². The summed E-state index contributed by atoms with van der Waals surface area (Å²) in [6.45, 7) is 12.0. The van der Waals surface area contributed by atoms with Crippen LogP contribution >= 0.6 is 11.3 Å². The molecule has 0 atom stereocenters. The minimum Gasteiger partial charge on any atom is -0.480 e. The zero-order valence-electron chi connectivity index (χ0n) is 21.6. The molecule has 0 unspecified atom stereocenters. The van der Waals surface area contributed by atoms with Gasteiger partial charge in [-0.25, -0.2) is 9.59 Å². The normalized spacial score (nSPS) is 17.0. The van der Waals surface area contributed by atoms with Crippen molar-refractivity contribution < 1.29 is 29.0 Å². The maximum atomic E-state index is 12.9. The number of aromatic carboxylic acids is 1. The van der Waals surface area contributed by atoms with E-state index in [1.807, 2.05) is 29.2 Å².